The zero-order valence-electron chi connectivity index (χ0n) is 22.9. The largest absolute Gasteiger partial charge is 0.474 e. The van der Waals surface area contributed by atoms with Crippen LogP contribution in [0.4, 0.5) is 4.79 Å². The number of hydrogen-bond donors (Lipinski definition) is 0. The zero-order chi connectivity index (χ0) is 26.8. The van der Waals surface area contributed by atoms with Crippen molar-refractivity contribution in [1.29, 1.82) is 0 Å². The third kappa shape index (κ3) is 8.98. The lowest BCUT2D eigenvalue weighted by Gasteiger charge is -2.32. The molecule has 1 amide bonds. The summed E-state index contributed by atoms with van der Waals surface area (Å²) in [5.41, 5.74) is 0.728. The van der Waals surface area contributed by atoms with E-state index >= 15 is 0 Å². The molecule has 0 atom stereocenters. The van der Waals surface area contributed by atoms with Crippen LogP contribution in [0.3, 0.4) is 0 Å². The highest BCUT2D eigenvalue weighted by Crippen LogP contribution is 2.28. The van der Waals surface area contributed by atoms with Gasteiger partial charge in [0, 0.05) is 39.0 Å². The fourth-order valence-electron chi connectivity index (χ4n) is 4.65. The van der Waals surface area contributed by atoms with E-state index in [9.17, 15) is 13.2 Å². The Morgan fingerprint density at radius 1 is 0.946 bits per heavy atom. The molecule has 210 valence electrons. The Morgan fingerprint density at radius 2 is 1.49 bits per heavy atom. The van der Waals surface area contributed by atoms with E-state index in [1.165, 1.54) is 6.33 Å². The maximum Gasteiger partial charge on any atom is 0.410 e. The number of carbonyl (C=O) groups is 1. The SMILES string of the molecule is CCCCCCCS(=O)(=O)N1CCC(Oc2ncnc(OC3CCN(C(=O)OC(C)C)CC3)c2C)CC1. The van der Waals surface area contributed by atoms with Crippen molar-refractivity contribution in [1.82, 2.24) is 19.2 Å². The quantitative estimate of drug-likeness (QED) is 0.361. The minimum atomic E-state index is -3.21. The molecule has 0 bridgehead atoms. The molecule has 2 saturated heterocycles. The van der Waals surface area contributed by atoms with Gasteiger partial charge in [-0.05, 0) is 40.0 Å². The summed E-state index contributed by atoms with van der Waals surface area (Å²) in [7, 11) is -3.21. The van der Waals surface area contributed by atoms with Crippen LogP contribution in [-0.2, 0) is 14.8 Å². The molecule has 37 heavy (non-hydrogen) atoms. The van der Waals surface area contributed by atoms with Gasteiger partial charge in [-0.1, -0.05) is 32.6 Å². The number of nitrogens with zero attached hydrogens (tertiary/aromatic N) is 4. The molecule has 0 spiro atoms. The highest BCUT2D eigenvalue weighted by Gasteiger charge is 2.30. The third-order valence-corrected chi connectivity index (χ3v) is 8.84. The molecule has 0 aliphatic carbocycles. The van der Waals surface area contributed by atoms with Crippen LogP contribution in [0.5, 0.6) is 11.8 Å². The molecule has 3 heterocycles. The number of ether oxygens (including phenoxy) is 3. The molecule has 0 unspecified atom stereocenters. The van der Waals surface area contributed by atoms with E-state index in [1.54, 1.807) is 9.21 Å². The van der Waals surface area contributed by atoms with E-state index in [2.05, 4.69) is 16.9 Å². The predicted molar refractivity (Wildman–Crippen MR) is 141 cm³/mol. The minimum absolute atomic E-state index is 0.0556. The van der Waals surface area contributed by atoms with Gasteiger partial charge in [0.2, 0.25) is 21.8 Å². The topological polar surface area (TPSA) is 111 Å². The number of carbonyl (C=O) groups excluding carboxylic acids is 1. The smallest absolute Gasteiger partial charge is 0.410 e. The van der Waals surface area contributed by atoms with Gasteiger partial charge in [-0.25, -0.2) is 27.5 Å². The normalized spacial score (nSPS) is 18.2. The number of amides is 1. The number of piperidine rings is 2. The first kappa shape index (κ1) is 29.4. The zero-order valence-corrected chi connectivity index (χ0v) is 23.7. The van der Waals surface area contributed by atoms with Crippen LogP contribution in [0.15, 0.2) is 6.33 Å². The number of hydrogen-bond acceptors (Lipinski definition) is 8. The van der Waals surface area contributed by atoms with Crippen LogP contribution in [-0.4, -0.2) is 83.9 Å². The predicted octanol–water partition coefficient (Wildman–Crippen LogP) is 4.32. The molecule has 0 radical (unpaired) electrons. The number of unbranched alkanes of at least 4 members (excludes halogenated alkanes) is 4. The van der Waals surface area contributed by atoms with E-state index in [4.69, 9.17) is 14.2 Å². The van der Waals surface area contributed by atoms with Crippen molar-refractivity contribution in [2.45, 2.75) is 104 Å². The second-order valence-electron chi connectivity index (χ2n) is 10.3. The summed E-state index contributed by atoms with van der Waals surface area (Å²) in [4.78, 5) is 22.4. The van der Waals surface area contributed by atoms with Gasteiger partial charge in [-0.2, -0.15) is 0 Å². The van der Waals surface area contributed by atoms with E-state index < -0.39 is 10.0 Å². The van der Waals surface area contributed by atoms with Gasteiger partial charge >= 0.3 is 6.09 Å². The Balaban J connectivity index is 1.46. The summed E-state index contributed by atoms with van der Waals surface area (Å²) in [6.45, 7) is 9.78. The summed E-state index contributed by atoms with van der Waals surface area (Å²) < 4.78 is 44.6. The van der Waals surface area contributed by atoms with Crippen molar-refractivity contribution in [3.63, 3.8) is 0 Å². The minimum Gasteiger partial charge on any atom is -0.474 e. The monoisotopic (exact) mass is 540 g/mol. The van der Waals surface area contributed by atoms with Crippen molar-refractivity contribution in [3.8, 4) is 11.8 Å². The molecule has 2 aliphatic rings. The maximum absolute atomic E-state index is 12.7. The van der Waals surface area contributed by atoms with Gasteiger partial charge in [-0.3, -0.25) is 0 Å². The van der Waals surface area contributed by atoms with Crippen LogP contribution < -0.4 is 9.47 Å². The second-order valence-corrected chi connectivity index (χ2v) is 12.4. The third-order valence-electron chi connectivity index (χ3n) is 6.89. The standard InChI is InChI=1S/C26H44N4O6S/c1-5-6-7-8-9-18-37(32,33)30-16-12-23(13-17-30)36-25-21(4)24(27-19-28-25)35-22-10-14-29(15-11-22)26(31)34-20(2)3/h19-20,22-23H,5-18H2,1-4H3. The fraction of sp³-hybridized carbons (Fsp3) is 0.808. The highest BCUT2D eigenvalue weighted by atomic mass is 32.2. The molecule has 11 heteroatoms. The van der Waals surface area contributed by atoms with Crippen molar-refractivity contribution < 1.29 is 27.4 Å². The number of likely N-dealkylation sites (tertiary alicyclic amines) is 1. The summed E-state index contributed by atoms with van der Waals surface area (Å²) in [6.07, 6.45) is 8.58. The summed E-state index contributed by atoms with van der Waals surface area (Å²) in [5, 5.41) is 0. The van der Waals surface area contributed by atoms with Crippen LogP contribution in [0.2, 0.25) is 0 Å². The average molecular weight is 541 g/mol. The molecule has 10 nitrogen and oxygen atoms in total. The van der Waals surface area contributed by atoms with Crippen LogP contribution in [0.25, 0.3) is 0 Å². The van der Waals surface area contributed by atoms with E-state index in [0.29, 0.717) is 63.6 Å². The van der Waals surface area contributed by atoms with E-state index in [1.807, 2.05) is 20.8 Å². The molecule has 0 aromatic carbocycles. The first-order valence-electron chi connectivity index (χ1n) is 13.8. The summed E-state index contributed by atoms with van der Waals surface area (Å²) >= 11 is 0. The van der Waals surface area contributed by atoms with Crippen LogP contribution in [0.1, 0.15) is 84.1 Å². The second kappa shape index (κ2) is 14.1. The maximum atomic E-state index is 12.7. The molecule has 0 saturated carbocycles. The lowest BCUT2D eigenvalue weighted by molar-refractivity contribution is 0.0503. The van der Waals surface area contributed by atoms with Crippen molar-refractivity contribution in [2.75, 3.05) is 31.9 Å². The van der Waals surface area contributed by atoms with E-state index in [-0.39, 0.29) is 30.2 Å². The summed E-state index contributed by atoms with van der Waals surface area (Å²) in [5.74, 6) is 1.18. The molecular formula is C26H44N4O6S. The van der Waals surface area contributed by atoms with Crippen LogP contribution >= 0.6 is 0 Å². The Hall–Kier alpha value is -2.14. The Morgan fingerprint density at radius 3 is 2.03 bits per heavy atom. The number of aromatic nitrogens is 2. The molecule has 1 aromatic rings. The Bertz CT molecular complexity index is 958. The molecular weight excluding hydrogens is 496 g/mol. The van der Waals surface area contributed by atoms with Gasteiger partial charge in [0.25, 0.3) is 0 Å². The molecule has 0 N–H and O–H groups in total. The lowest BCUT2D eigenvalue weighted by Crippen LogP contribution is -2.43. The van der Waals surface area contributed by atoms with Gasteiger partial charge in [0.1, 0.15) is 18.5 Å². The Labute approximate surface area is 222 Å². The molecule has 3 rings (SSSR count). The Kier molecular flexibility index (Phi) is 11.2. The number of rotatable bonds is 12. The van der Waals surface area contributed by atoms with Crippen molar-refractivity contribution in [2.24, 2.45) is 0 Å². The fourth-order valence-corrected chi connectivity index (χ4v) is 6.24. The van der Waals surface area contributed by atoms with Crippen molar-refractivity contribution >= 4 is 16.1 Å². The van der Waals surface area contributed by atoms with E-state index in [0.717, 1.165) is 37.7 Å². The van der Waals surface area contributed by atoms with Crippen molar-refractivity contribution in [3.05, 3.63) is 11.9 Å². The molecule has 2 aliphatic heterocycles. The highest BCUT2D eigenvalue weighted by molar-refractivity contribution is 7.89. The van der Waals surface area contributed by atoms with Gasteiger partial charge in [0.05, 0.1) is 17.4 Å². The molecule has 1 aromatic heterocycles. The average Bonchev–Trinajstić information content (AvgIpc) is 2.86. The first-order valence-corrected chi connectivity index (χ1v) is 15.4. The lowest BCUT2D eigenvalue weighted by atomic mass is 10.1. The first-order chi connectivity index (χ1) is 17.7. The summed E-state index contributed by atoms with van der Waals surface area (Å²) in [6, 6.07) is 0. The number of sulfonamides is 1. The molecule has 2 fully saturated rings. The van der Waals surface area contributed by atoms with Gasteiger partial charge < -0.3 is 19.1 Å². The van der Waals surface area contributed by atoms with Gasteiger partial charge in [-0.15, -0.1) is 0 Å². The van der Waals surface area contributed by atoms with Gasteiger partial charge in [0.15, 0.2) is 0 Å². The van der Waals surface area contributed by atoms with Crippen LogP contribution in [0, 0.1) is 6.92 Å².